The number of hydrogen-bond donors (Lipinski definition) is 1. The molecule has 2 amide bonds. The van der Waals surface area contributed by atoms with Crippen molar-refractivity contribution in [2.75, 3.05) is 31.6 Å². The van der Waals surface area contributed by atoms with Crippen molar-refractivity contribution in [2.45, 2.75) is 6.42 Å². The van der Waals surface area contributed by atoms with Crippen LogP contribution >= 0.6 is 11.8 Å². The second-order valence-electron chi connectivity index (χ2n) is 2.51. The Balaban J connectivity index is 2.36. The van der Waals surface area contributed by atoms with Gasteiger partial charge in [-0.05, 0) is 12.2 Å². The van der Waals surface area contributed by atoms with Gasteiger partial charge in [0.1, 0.15) is 0 Å². The fourth-order valence-corrected chi connectivity index (χ4v) is 1.99. The lowest BCUT2D eigenvalue weighted by molar-refractivity contribution is 0.204. The number of amides is 2. The van der Waals surface area contributed by atoms with E-state index in [1.807, 2.05) is 16.7 Å². The van der Waals surface area contributed by atoms with Crippen LogP contribution in [0.3, 0.4) is 0 Å². The molecule has 0 aromatic carbocycles. The Morgan fingerprint density at radius 3 is 3.00 bits per heavy atom. The van der Waals surface area contributed by atoms with Crippen molar-refractivity contribution in [1.82, 2.24) is 10.2 Å². The molecule has 1 fully saturated rings. The average Bonchev–Trinajstić information content (AvgIpc) is 2.30. The Hall–Kier alpha value is -0.380. The zero-order valence-corrected chi connectivity index (χ0v) is 7.62. The first-order valence-corrected chi connectivity index (χ1v) is 5.04. The molecule has 1 aliphatic rings. The molecule has 1 N–H and O–H groups in total. The average molecular weight is 174 g/mol. The minimum atomic E-state index is 0.0625. The molecule has 0 bridgehead atoms. The molecule has 0 saturated carbocycles. The lowest BCUT2D eigenvalue weighted by Gasteiger charge is -2.18. The Morgan fingerprint density at radius 2 is 2.27 bits per heavy atom. The van der Waals surface area contributed by atoms with E-state index < -0.39 is 0 Å². The topological polar surface area (TPSA) is 32.3 Å². The summed E-state index contributed by atoms with van der Waals surface area (Å²) in [5.74, 6) is 2.26. The maximum Gasteiger partial charge on any atom is 0.317 e. The summed E-state index contributed by atoms with van der Waals surface area (Å²) in [4.78, 5) is 13.0. The van der Waals surface area contributed by atoms with E-state index in [1.54, 1.807) is 7.05 Å². The van der Waals surface area contributed by atoms with Gasteiger partial charge in [-0.3, -0.25) is 0 Å². The number of thioether (sulfide) groups is 1. The summed E-state index contributed by atoms with van der Waals surface area (Å²) in [5, 5.41) is 2.64. The van der Waals surface area contributed by atoms with Crippen molar-refractivity contribution in [2.24, 2.45) is 0 Å². The molecule has 1 saturated heterocycles. The first-order valence-electron chi connectivity index (χ1n) is 3.89. The van der Waals surface area contributed by atoms with E-state index in [2.05, 4.69) is 5.32 Å². The Labute approximate surface area is 71.5 Å². The van der Waals surface area contributed by atoms with Gasteiger partial charge in [0.05, 0.1) is 0 Å². The summed E-state index contributed by atoms with van der Waals surface area (Å²) in [6.45, 7) is 1.80. The first kappa shape index (κ1) is 8.71. The molecule has 0 aromatic heterocycles. The fourth-order valence-electron chi connectivity index (χ4n) is 1.11. The van der Waals surface area contributed by atoms with E-state index >= 15 is 0 Å². The summed E-state index contributed by atoms with van der Waals surface area (Å²) in [6.07, 6.45) is 1.12. The first-order chi connectivity index (χ1) is 5.34. The maximum atomic E-state index is 11.1. The van der Waals surface area contributed by atoms with E-state index in [0.29, 0.717) is 0 Å². The van der Waals surface area contributed by atoms with E-state index in [-0.39, 0.29) is 6.03 Å². The molecule has 3 nitrogen and oxygen atoms in total. The zero-order valence-electron chi connectivity index (χ0n) is 6.80. The monoisotopic (exact) mass is 174 g/mol. The largest absolute Gasteiger partial charge is 0.341 e. The molecule has 0 aromatic rings. The van der Waals surface area contributed by atoms with Crippen LogP contribution < -0.4 is 5.32 Å². The number of carbonyl (C=O) groups excluding carboxylic acids is 1. The van der Waals surface area contributed by atoms with Gasteiger partial charge < -0.3 is 10.2 Å². The standard InChI is InChI=1S/C7H14N2OS/c1-8-7(10)9-3-2-5-11-6-4-9/h2-6H2,1H3,(H,8,10). The molecule has 0 unspecified atom stereocenters. The van der Waals surface area contributed by atoms with Crippen LogP contribution in [0.5, 0.6) is 0 Å². The Kier molecular flexibility index (Phi) is 3.56. The number of carbonyl (C=O) groups is 1. The molecule has 1 heterocycles. The number of nitrogens with zero attached hydrogens (tertiary/aromatic N) is 1. The van der Waals surface area contributed by atoms with Gasteiger partial charge >= 0.3 is 6.03 Å². The maximum absolute atomic E-state index is 11.1. The summed E-state index contributed by atoms with van der Waals surface area (Å²) in [5.41, 5.74) is 0. The quantitative estimate of drug-likeness (QED) is 0.588. The lowest BCUT2D eigenvalue weighted by atomic mass is 10.4. The highest BCUT2D eigenvalue weighted by Crippen LogP contribution is 2.09. The second-order valence-corrected chi connectivity index (χ2v) is 3.73. The molecule has 0 radical (unpaired) electrons. The molecular formula is C7H14N2OS. The van der Waals surface area contributed by atoms with Crippen molar-refractivity contribution >= 4 is 17.8 Å². The van der Waals surface area contributed by atoms with Gasteiger partial charge in [0.25, 0.3) is 0 Å². The number of rotatable bonds is 0. The van der Waals surface area contributed by atoms with Gasteiger partial charge in [-0.25, -0.2) is 4.79 Å². The number of hydrogen-bond acceptors (Lipinski definition) is 2. The smallest absolute Gasteiger partial charge is 0.317 e. The molecular weight excluding hydrogens is 160 g/mol. The normalized spacial score (nSPS) is 19.2. The van der Waals surface area contributed by atoms with Gasteiger partial charge in [-0.2, -0.15) is 11.8 Å². The van der Waals surface area contributed by atoms with Crippen molar-refractivity contribution in [1.29, 1.82) is 0 Å². The van der Waals surface area contributed by atoms with Crippen LogP contribution in [0.25, 0.3) is 0 Å². The van der Waals surface area contributed by atoms with Gasteiger partial charge in [0.2, 0.25) is 0 Å². The predicted molar refractivity (Wildman–Crippen MR) is 48.0 cm³/mol. The van der Waals surface area contributed by atoms with Gasteiger partial charge in [-0.1, -0.05) is 0 Å². The van der Waals surface area contributed by atoms with E-state index in [4.69, 9.17) is 0 Å². The summed E-state index contributed by atoms with van der Waals surface area (Å²) < 4.78 is 0. The fraction of sp³-hybridized carbons (Fsp3) is 0.857. The molecule has 0 spiro atoms. The highest BCUT2D eigenvalue weighted by molar-refractivity contribution is 7.99. The molecule has 0 atom stereocenters. The third-order valence-corrected chi connectivity index (χ3v) is 2.77. The summed E-state index contributed by atoms with van der Waals surface area (Å²) in [6, 6.07) is 0.0625. The van der Waals surface area contributed by atoms with Crippen LogP contribution in [-0.2, 0) is 0 Å². The molecule has 11 heavy (non-hydrogen) atoms. The van der Waals surface area contributed by atoms with Gasteiger partial charge in [0.15, 0.2) is 0 Å². The van der Waals surface area contributed by atoms with E-state index in [1.165, 1.54) is 5.75 Å². The predicted octanol–water partition coefficient (Wildman–Crippen LogP) is 0.765. The molecule has 4 heteroatoms. The molecule has 1 aliphatic heterocycles. The molecule has 0 aliphatic carbocycles. The molecule has 64 valence electrons. The third kappa shape index (κ3) is 2.61. The minimum absolute atomic E-state index is 0.0625. The Bertz CT molecular complexity index is 132. The van der Waals surface area contributed by atoms with Crippen LogP contribution in [0.1, 0.15) is 6.42 Å². The van der Waals surface area contributed by atoms with E-state index in [9.17, 15) is 4.79 Å². The number of nitrogens with one attached hydrogen (secondary N) is 1. The van der Waals surface area contributed by atoms with Crippen LogP contribution in [0.15, 0.2) is 0 Å². The van der Waals surface area contributed by atoms with Crippen molar-refractivity contribution in [3.8, 4) is 0 Å². The van der Waals surface area contributed by atoms with Crippen LogP contribution in [0, 0.1) is 0 Å². The highest BCUT2D eigenvalue weighted by atomic mass is 32.2. The second kappa shape index (κ2) is 4.49. The van der Waals surface area contributed by atoms with Crippen LogP contribution in [-0.4, -0.2) is 42.6 Å². The van der Waals surface area contributed by atoms with Crippen LogP contribution in [0.2, 0.25) is 0 Å². The van der Waals surface area contributed by atoms with E-state index in [0.717, 1.165) is 25.3 Å². The van der Waals surface area contributed by atoms with Gasteiger partial charge in [-0.15, -0.1) is 0 Å². The highest BCUT2D eigenvalue weighted by Gasteiger charge is 2.12. The molecule has 1 rings (SSSR count). The Morgan fingerprint density at radius 1 is 1.45 bits per heavy atom. The van der Waals surface area contributed by atoms with Crippen molar-refractivity contribution < 1.29 is 4.79 Å². The van der Waals surface area contributed by atoms with Crippen LogP contribution in [0.4, 0.5) is 4.79 Å². The third-order valence-electron chi connectivity index (χ3n) is 1.72. The minimum Gasteiger partial charge on any atom is -0.341 e. The summed E-state index contributed by atoms with van der Waals surface area (Å²) in [7, 11) is 1.68. The van der Waals surface area contributed by atoms with Crippen molar-refractivity contribution in [3.63, 3.8) is 0 Å². The van der Waals surface area contributed by atoms with Gasteiger partial charge in [0, 0.05) is 25.9 Å². The lowest BCUT2D eigenvalue weighted by Crippen LogP contribution is -2.39. The number of urea groups is 1. The zero-order chi connectivity index (χ0) is 8.10. The van der Waals surface area contributed by atoms with Crippen molar-refractivity contribution in [3.05, 3.63) is 0 Å². The summed E-state index contributed by atoms with van der Waals surface area (Å²) >= 11 is 1.93. The SMILES string of the molecule is CNC(=O)N1CCCSCC1.